The molecule has 37 heavy (non-hydrogen) atoms. The highest BCUT2D eigenvalue weighted by Crippen LogP contribution is 2.28. The molecule has 0 radical (unpaired) electrons. The molecule has 0 aliphatic carbocycles. The average molecular weight is 500 g/mol. The third-order valence-electron chi connectivity index (χ3n) is 6.53. The highest BCUT2D eigenvalue weighted by molar-refractivity contribution is 6.21. The van der Waals surface area contributed by atoms with E-state index in [2.05, 4.69) is 0 Å². The number of phenols is 1. The zero-order valence-corrected chi connectivity index (χ0v) is 20.4. The van der Waals surface area contributed by atoms with Crippen LogP contribution in [0.4, 0.5) is 0 Å². The second-order valence-corrected chi connectivity index (χ2v) is 8.68. The summed E-state index contributed by atoms with van der Waals surface area (Å²) in [6.07, 6.45) is 0.725. The van der Waals surface area contributed by atoms with Gasteiger partial charge in [0.05, 0.1) is 36.2 Å². The Hall–Kier alpha value is -4.66. The van der Waals surface area contributed by atoms with E-state index >= 15 is 0 Å². The second-order valence-electron chi connectivity index (χ2n) is 8.68. The smallest absolute Gasteiger partial charge is 0.261 e. The maximum atomic E-state index is 13.4. The molecule has 0 fully saturated rings. The highest BCUT2D eigenvalue weighted by atomic mass is 16.5. The Labute approximate surface area is 212 Å². The zero-order valence-electron chi connectivity index (χ0n) is 20.4. The molecule has 4 aromatic rings. The first-order valence-electron chi connectivity index (χ1n) is 11.8. The molecule has 3 aromatic carbocycles. The average Bonchev–Trinajstić information content (AvgIpc) is 3.15. The predicted octanol–water partition coefficient (Wildman–Crippen LogP) is 3.20. The number of fused-ring (bicyclic) bond motifs is 2. The summed E-state index contributed by atoms with van der Waals surface area (Å²) in [7, 11) is 3.14. The molecule has 0 saturated heterocycles. The van der Waals surface area contributed by atoms with Crippen LogP contribution in [0.2, 0.25) is 0 Å². The van der Waals surface area contributed by atoms with Gasteiger partial charge in [-0.05, 0) is 54.4 Å². The summed E-state index contributed by atoms with van der Waals surface area (Å²) in [4.78, 5) is 45.0. The number of ether oxygens (including phenoxy) is 2. The van der Waals surface area contributed by atoms with Crippen LogP contribution in [-0.2, 0) is 19.4 Å². The lowest BCUT2D eigenvalue weighted by molar-refractivity contribution is 0.0655. The summed E-state index contributed by atoms with van der Waals surface area (Å²) in [5.41, 5.74) is 1.73. The molecule has 9 nitrogen and oxygen atoms in total. The van der Waals surface area contributed by atoms with Gasteiger partial charge in [-0.2, -0.15) is 0 Å². The van der Waals surface area contributed by atoms with E-state index in [1.165, 1.54) is 18.2 Å². The molecule has 0 saturated carbocycles. The molecular formula is C28H25N3O6. The number of phenolic OH excluding ortho intramolecular Hbond substituents is 1. The van der Waals surface area contributed by atoms with E-state index in [1.54, 1.807) is 37.0 Å². The lowest BCUT2D eigenvalue weighted by Crippen LogP contribution is -2.34. The minimum Gasteiger partial charge on any atom is -0.508 e. The van der Waals surface area contributed by atoms with E-state index in [-0.39, 0.29) is 35.4 Å². The van der Waals surface area contributed by atoms with E-state index in [0.29, 0.717) is 41.2 Å². The van der Waals surface area contributed by atoms with Gasteiger partial charge in [-0.15, -0.1) is 0 Å². The number of amides is 2. The first-order chi connectivity index (χ1) is 17.9. The molecule has 5 rings (SSSR count). The van der Waals surface area contributed by atoms with Crippen LogP contribution in [-0.4, -0.2) is 52.1 Å². The van der Waals surface area contributed by atoms with Gasteiger partial charge in [0.25, 0.3) is 17.4 Å². The summed E-state index contributed by atoms with van der Waals surface area (Å²) in [6, 6.07) is 16.8. The first-order valence-corrected chi connectivity index (χ1v) is 11.8. The second kappa shape index (κ2) is 9.77. The van der Waals surface area contributed by atoms with E-state index < -0.39 is 11.8 Å². The lowest BCUT2D eigenvalue weighted by atomic mass is 10.1. The standard InChI is InChI=1S/C28H25N3O6/c1-36-23-10-7-17(15-24(23)37-2)11-13-30-25(29-22-6-4-3-5-20(22)27(30)34)12-14-31-26(33)19-9-8-18(32)16-21(19)28(31)35/h3-10,15-16,32H,11-14H2,1-2H3. The van der Waals surface area contributed by atoms with Crippen molar-refractivity contribution >= 4 is 22.7 Å². The van der Waals surface area contributed by atoms with Gasteiger partial charge in [-0.25, -0.2) is 4.98 Å². The van der Waals surface area contributed by atoms with Crippen LogP contribution in [0.25, 0.3) is 10.9 Å². The SMILES string of the molecule is COc1ccc(CCn2c(CCN3C(=O)c4ccc(O)cc4C3=O)nc3ccccc3c2=O)cc1OC. The number of aryl methyl sites for hydroxylation is 1. The molecule has 1 aliphatic rings. The summed E-state index contributed by atoms with van der Waals surface area (Å²) in [5.74, 6) is 0.702. The van der Waals surface area contributed by atoms with Gasteiger partial charge in [0.15, 0.2) is 11.5 Å². The van der Waals surface area contributed by atoms with Crippen LogP contribution in [0.1, 0.15) is 32.1 Å². The molecule has 1 aliphatic heterocycles. The van der Waals surface area contributed by atoms with Gasteiger partial charge in [0, 0.05) is 19.5 Å². The normalized spacial score (nSPS) is 12.8. The quantitative estimate of drug-likeness (QED) is 0.371. The van der Waals surface area contributed by atoms with Gasteiger partial charge in [0.2, 0.25) is 0 Å². The Morgan fingerprint density at radius 1 is 0.811 bits per heavy atom. The minimum absolute atomic E-state index is 0.0498. The van der Waals surface area contributed by atoms with Gasteiger partial charge >= 0.3 is 0 Å². The number of carbonyl (C=O) groups is 2. The van der Waals surface area contributed by atoms with Gasteiger partial charge in [-0.1, -0.05) is 18.2 Å². The summed E-state index contributed by atoms with van der Waals surface area (Å²) in [5, 5.41) is 10.2. The van der Waals surface area contributed by atoms with Crippen molar-refractivity contribution in [2.24, 2.45) is 0 Å². The van der Waals surface area contributed by atoms with Crippen molar-refractivity contribution in [3.63, 3.8) is 0 Å². The molecule has 188 valence electrons. The predicted molar refractivity (Wildman–Crippen MR) is 136 cm³/mol. The number of benzene rings is 3. The van der Waals surface area contributed by atoms with E-state index in [9.17, 15) is 19.5 Å². The van der Waals surface area contributed by atoms with Crippen LogP contribution >= 0.6 is 0 Å². The third-order valence-corrected chi connectivity index (χ3v) is 6.53. The third kappa shape index (κ3) is 4.40. The monoisotopic (exact) mass is 499 g/mol. The van der Waals surface area contributed by atoms with Crippen molar-refractivity contribution in [2.45, 2.75) is 19.4 Å². The van der Waals surface area contributed by atoms with Crippen LogP contribution < -0.4 is 15.0 Å². The molecule has 9 heteroatoms. The number of nitrogens with zero attached hydrogens (tertiary/aromatic N) is 3. The van der Waals surface area contributed by atoms with Crippen molar-refractivity contribution < 1.29 is 24.2 Å². The van der Waals surface area contributed by atoms with Crippen molar-refractivity contribution in [1.29, 1.82) is 0 Å². The fraction of sp³-hybridized carbons (Fsp3) is 0.214. The van der Waals surface area contributed by atoms with Crippen LogP contribution in [0, 0.1) is 0 Å². The Morgan fingerprint density at radius 3 is 2.35 bits per heavy atom. The van der Waals surface area contributed by atoms with Crippen LogP contribution in [0.15, 0.2) is 65.5 Å². The number of aromatic nitrogens is 2. The number of imide groups is 1. The van der Waals surface area contributed by atoms with Crippen molar-refractivity contribution in [3.8, 4) is 17.2 Å². The topological polar surface area (TPSA) is 111 Å². The Kier molecular flexibility index (Phi) is 6.35. The number of hydrogen-bond donors (Lipinski definition) is 1. The molecule has 2 heterocycles. The highest BCUT2D eigenvalue weighted by Gasteiger charge is 2.35. The van der Waals surface area contributed by atoms with E-state index in [0.717, 1.165) is 10.5 Å². The van der Waals surface area contributed by atoms with Crippen molar-refractivity contribution in [3.05, 3.63) is 93.5 Å². The fourth-order valence-corrected chi connectivity index (χ4v) is 4.61. The van der Waals surface area contributed by atoms with Crippen molar-refractivity contribution in [1.82, 2.24) is 14.5 Å². The molecule has 1 N–H and O–H groups in total. The first kappa shape index (κ1) is 24.1. The lowest BCUT2D eigenvalue weighted by Gasteiger charge is -2.17. The van der Waals surface area contributed by atoms with Gasteiger partial charge < -0.3 is 14.6 Å². The van der Waals surface area contributed by atoms with Gasteiger partial charge in [0.1, 0.15) is 11.6 Å². The molecule has 0 bridgehead atoms. The molecule has 1 aromatic heterocycles. The molecule has 0 atom stereocenters. The number of carbonyl (C=O) groups excluding carboxylic acids is 2. The van der Waals surface area contributed by atoms with Crippen molar-refractivity contribution in [2.75, 3.05) is 20.8 Å². The maximum absolute atomic E-state index is 13.4. The number of rotatable bonds is 8. The molecule has 0 spiro atoms. The summed E-state index contributed by atoms with van der Waals surface area (Å²) in [6.45, 7) is 0.395. The Morgan fingerprint density at radius 2 is 1.57 bits per heavy atom. The molecule has 0 unspecified atom stereocenters. The van der Waals surface area contributed by atoms with Crippen LogP contribution in [0.5, 0.6) is 17.2 Å². The number of para-hydroxylation sites is 1. The maximum Gasteiger partial charge on any atom is 0.261 e. The largest absolute Gasteiger partial charge is 0.508 e. The number of hydrogen-bond acceptors (Lipinski definition) is 7. The molecule has 2 amide bonds. The fourth-order valence-electron chi connectivity index (χ4n) is 4.61. The minimum atomic E-state index is -0.476. The number of methoxy groups -OCH3 is 2. The zero-order chi connectivity index (χ0) is 26.1. The van der Waals surface area contributed by atoms with Gasteiger partial charge in [-0.3, -0.25) is 23.9 Å². The summed E-state index contributed by atoms with van der Waals surface area (Å²) < 4.78 is 12.3. The number of aromatic hydroxyl groups is 1. The van der Waals surface area contributed by atoms with E-state index in [1.807, 2.05) is 24.3 Å². The van der Waals surface area contributed by atoms with E-state index in [4.69, 9.17) is 14.5 Å². The summed E-state index contributed by atoms with van der Waals surface area (Å²) >= 11 is 0. The molecular weight excluding hydrogens is 474 g/mol. The Bertz CT molecular complexity index is 1590. The van der Waals surface area contributed by atoms with Crippen LogP contribution in [0.3, 0.4) is 0 Å². The Balaban J connectivity index is 1.44.